The molecule has 0 saturated carbocycles. The normalized spacial score (nSPS) is 21.6. The minimum Gasteiger partial charge on any atom is -0.303 e. The third-order valence-corrected chi connectivity index (χ3v) is 9.90. The van der Waals surface area contributed by atoms with Gasteiger partial charge in [0, 0.05) is 11.3 Å². The molecular formula is C29H39NO4S2. The average molecular weight is 530 g/mol. The number of rotatable bonds is 9. The van der Waals surface area contributed by atoms with Gasteiger partial charge in [0.05, 0.1) is 11.5 Å². The van der Waals surface area contributed by atoms with E-state index >= 15 is 0 Å². The van der Waals surface area contributed by atoms with Gasteiger partial charge in [-0.25, -0.2) is 0 Å². The van der Waals surface area contributed by atoms with Crippen LogP contribution in [0.3, 0.4) is 0 Å². The highest BCUT2D eigenvalue weighted by molar-refractivity contribution is 8.13. The number of benzene rings is 2. The molecule has 2 aromatic rings. The van der Waals surface area contributed by atoms with Crippen LogP contribution >= 0.6 is 11.8 Å². The maximum atomic E-state index is 12.8. The summed E-state index contributed by atoms with van der Waals surface area (Å²) in [6, 6.07) is 13.1. The van der Waals surface area contributed by atoms with Crippen molar-refractivity contribution in [2.75, 3.05) is 26.2 Å². The molecule has 5 nitrogen and oxygen atoms in total. The Labute approximate surface area is 221 Å². The van der Waals surface area contributed by atoms with E-state index in [4.69, 9.17) is 4.18 Å². The van der Waals surface area contributed by atoms with Crippen molar-refractivity contribution in [3.05, 3.63) is 59.2 Å². The maximum absolute atomic E-state index is 12.8. The minimum atomic E-state index is -3.74. The third kappa shape index (κ3) is 7.44. The number of aryl methyl sites for hydroxylation is 2. The van der Waals surface area contributed by atoms with Crippen LogP contribution in [0.25, 0.3) is 0 Å². The van der Waals surface area contributed by atoms with Crippen molar-refractivity contribution in [2.24, 2.45) is 5.92 Å². The van der Waals surface area contributed by atoms with Crippen LogP contribution < -0.4 is 0 Å². The molecule has 0 spiro atoms. The molecule has 1 saturated heterocycles. The summed E-state index contributed by atoms with van der Waals surface area (Å²) in [6.07, 6.45) is 8.28. The first-order valence-electron chi connectivity index (χ1n) is 13.3. The second-order valence-corrected chi connectivity index (χ2v) is 13.1. The number of nitrogens with zero attached hydrogens (tertiary/aromatic N) is 1. The van der Waals surface area contributed by atoms with Crippen LogP contribution in [0.15, 0.2) is 52.3 Å². The van der Waals surface area contributed by atoms with E-state index in [9.17, 15) is 13.2 Å². The van der Waals surface area contributed by atoms with Gasteiger partial charge < -0.3 is 4.90 Å². The van der Waals surface area contributed by atoms with Crippen LogP contribution in [0.1, 0.15) is 74.5 Å². The quantitative estimate of drug-likeness (QED) is 0.279. The molecule has 0 radical (unpaired) electrons. The van der Waals surface area contributed by atoms with Crippen LogP contribution in [-0.2, 0) is 25.5 Å². The summed E-state index contributed by atoms with van der Waals surface area (Å²) in [6.45, 7) is 7.80. The SMILES string of the molecule is Cc1ccc(S(=O)(=O)OCCCc2ccc3c(c2)SC(=O)CC(CCN2CCCCCC2)C3C)cc1. The van der Waals surface area contributed by atoms with Crippen molar-refractivity contribution in [3.8, 4) is 0 Å². The molecule has 2 heterocycles. The van der Waals surface area contributed by atoms with Gasteiger partial charge >= 0.3 is 0 Å². The average Bonchev–Trinajstić information content (AvgIpc) is 3.18. The van der Waals surface area contributed by atoms with Gasteiger partial charge in [-0.2, -0.15) is 8.42 Å². The van der Waals surface area contributed by atoms with Gasteiger partial charge in [0.25, 0.3) is 10.1 Å². The molecule has 7 heteroatoms. The fraction of sp³-hybridized carbons (Fsp3) is 0.552. The molecule has 0 aliphatic carbocycles. The molecule has 196 valence electrons. The van der Waals surface area contributed by atoms with Crippen LogP contribution in [-0.4, -0.2) is 44.7 Å². The Morgan fingerprint density at radius 1 is 1.03 bits per heavy atom. The third-order valence-electron chi connectivity index (χ3n) is 7.60. The van der Waals surface area contributed by atoms with Gasteiger partial charge in [-0.05, 0) is 99.8 Å². The Morgan fingerprint density at radius 2 is 1.75 bits per heavy atom. The van der Waals surface area contributed by atoms with Gasteiger partial charge in [0.2, 0.25) is 0 Å². The summed E-state index contributed by atoms with van der Waals surface area (Å²) < 4.78 is 30.0. The van der Waals surface area contributed by atoms with E-state index in [2.05, 4.69) is 30.0 Å². The Hall–Kier alpha value is -1.67. The highest BCUT2D eigenvalue weighted by Gasteiger charge is 2.29. The van der Waals surface area contributed by atoms with E-state index < -0.39 is 10.1 Å². The monoisotopic (exact) mass is 529 g/mol. The molecule has 2 aliphatic heterocycles. The first-order valence-corrected chi connectivity index (χ1v) is 15.6. The van der Waals surface area contributed by atoms with Crippen molar-refractivity contribution in [1.82, 2.24) is 4.90 Å². The Morgan fingerprint density at radius 3 is 2.47 bits per heavy atom. The molecule has 0 amide bonds. The minimum absolute atomic E-state index is 0.133. The van der Waals surface area contributed by atoms with Gasteiger partial charge in [0.1, 0.15) is 0 Å². The standard InChI is InChI=1S/C29H39NO4S2/c1-22-9-12-26(13-10-22)36(32,33)34-19-7-8-24-11-14-27-23(2)25(21-29(31)35-28(27)20-24)15-18-30-16-5-3-4-6-17-30/h9-14,20,23,25H,3-8,15-19,21H2,1-2H3. The lowest BCUT2D eigenvalue weighted by Gasteiger charge is -2.26. The fourth-order valence-electron chi connectivity index (χ4n) is 5.29. The molecule has 4 rings (SSSR count). The first kappa shape index (κ1) is 27.4. The Kier molecular flexibility index (Phi) is 9.67. The zero-order valence-corrected chi connectivity index (χ0v) is 23.2. The van der Waals surface area contributed by atoms with Crippen molar-refractivity contribution in [2.45, 2.75) is 80.9 Å². The van der Waals surface area contributed by atoms with Crippen LogP contribution in [0, 0.1) is 12.8 Å². The number of fused-ring (bicyclic) bond motifs is 1. The highest BCUT2D eigenvalue weighted by atomic mass is 32.2. The summed E-state index contributed by atoms with van der Waals surface area (Å²) in [5, 5.41) is 0.256. The molecule has 2 aromatic carbocycles. The molecule has 36 heavy (non-hydrogen) atoms. The lowest BCUT2D eigenvalue weighted by Crippen LogP contribution is -2.28. The summed E-state index contributed by atoms with van der Waals surface area (Å²) in [4.78, 5) is 16.7. The van der Waals surface area contributed by atoms with Crippen molar-refractivity contribution in [1.29, 1.82) is 0 Å². The van der Waals surface area contributed by atoms with Crippen LogP contribution in [0.5, 0.6) is 0 Å². The second-order valence-electron chi connectivity index (χ2n) is 10.3. The number of thioether (sulfide) groups is 1. The van der Waals surface area contributed by atoms with E-state index in [1.807, 2.05) is 6.92 Å². The fourth-order valence-corrected chi connectivity index (χ4v) is 7.35. The van der Waals surface area contributed by atoms with Gasteiger partial charge in [-0.3, -0.25) is 8.98 Å². The smallest absolute Gasteiger partial charge is 0.296 e. The van der Waals surface area contributed by atoms with Crippen molar-refractivity contribution >= 4 is 27.0 Å². The number of carbonyl (C=O) groups is 1. The summed E-state index contributed by atoms with van der Waals surface area (Å²) >= 11 is 1.38. The number of likely N-dealkylation sites (tertiary alicyclic amines) is 1. The molecule has 0 aromatic heterocycles. The molecular weight excluding hydrogens is 490 g/mol. The zero-order valence-electron chi connectivity index (χ0n) is 21.6. The Balaban J connectivity index is 1.32. The predicted molar refractivity (Wildman–Crippen MR) is 146 cm³/mol. The summed E-state index contributed by atoms with van der Waals surface area (Å²) in [5.74, 6) is 0.726. The first-order chi connectivity index (χ1) is 17.3. The van der Waals surface area contributed by atoms with Crippen LogP contribution in [0.2, 0.25) is 0 Å². The molecule has 1 fully saturated rings. The second kappa shape index (κ2) is 12.7. The molecule has 2 unspecified atom stereocenters. The topological polar surface area (TPSA) is 63.7 Å². The van der Waals surface area contributed by atoms with Crippen LogP contribution in [0.4, 0.5) is 0 Å². The molecule has 2 atom stereocenters. The van der Waals surface area contributed by atoms with Gasteiger partial charge in [0.15, 0.2) is 5.12 Å². The van der Waals surface area contributed by atoms with Gasteiger partial charge in [-0.1, -0.05) is 61.4 Å². The van der Waals surface area contributed by atoms with E-state index in [1.165, 1.54) is 56.1 Å². The van der Waals surface area contributed by atoms with E-state index in [0.29, 0.717) is 31.1 Å². The largest absolute Gasteiger partial charge is 0.303 e. The number of hydrogen-bond acceptors (Lipinski definition) is 6. The van der Waals surface area contributed by atoms with Gasteiger partial charge in [-0.15, -0.1) is 0 Å². The number of hydrogen-bond donors (Lipinski definition) is 0. The molecule has 0 bridgehead atoms. The number of carbonyl (C=O) groups excluding carboxylic acids is 1. The van der Waals surface area contributed by atoms with Crippen molar-refractivity contribution < 1.29 is 17.4 Å². The highest BCUT2D eigenvalue weighted by Crippen LogP contribution is 2.42. The zero-order chi connectivity index (χ0) is 25.5. The predicted octanol–water partition coefficient (Wildman–Crippen LogP) is 6.34. The Bertz CT molecular complexity index is 1120. The van der Waals surface area contributed by atoms with E-state index in [1.54, 1.807) is 24.3 Å². The van der Waals surface area contributed by atoms with Crippen molar-refractivity contribution in [3.63, 3.8) is 0 Å². The summed E-state index contributed by atoms with van der Waals surface area (Å²) in [7, 11) is -3.74. The molecule has 2 aliphatic rings. The lowest BCUT2D eigenvalue weighted by atomic mass is 9.83. The molecule has 0 N–H and O–H groups in total. The summed E-state index contributed by atoms with van der Waals surface area (Å²) in [5.41, 5.74) is 3.39. The maximum Gasteiger partial charge on any atom is 0.296 e. The van der Waals surface area contributed by atoms with E-state index in [0.717, 1.165) is 29.0 Å². The van der Waals surface area contributed by atoms with E-state index in [-0.39, 0.29) is 16.6 Å². The lowest BCUT2D eigenvalue weighted by molar-refractivity contribution is -0.111.